The van der Waals surface area contributed by atoms with Gasteiger partial charge in [0.25, 0.3) is 5.91 Å². The SMILES string of the molecule is CSc1cccc(NC(=O)c2cc(N)c(F)cc2F)c1. The van der Waals surface area contributed by atoms with Gasteiger partial charge >= 0.3 is 0 Å². The van der Waals surface area contributed by atoms with Gasteiger partial charge in [-0.1, -0.05) is 6.07 Å². The predicted octanol–water partition coefficient (Wildman–Crippen LogP) is 3.52. The molecule has 20 heavy (non-hydrogen) atoms. The lowest BCUT2D eigenvalue weighted by molar-refractivity contribution is 0.102. The molecule has 0 bridgehead atoms. The Bertz CT molecular complexity index is 662. The van der Waals surface area contributed by atoms with Crippen LogP contribution in [0, 0.1) is 11.6 Å². The molecule has 1 amide bonds. The van der Waals surface area contributed by atoms with Gasteiger partial charge in [-0.05, 0) is 30.5 Å². The van der Waals surface area contributed by atoms with E-state index in [2.05, 4.69) is 5.32 Å². The van der Waals surface area contributed by atoms with Crippen molar-refractivity contribution in [3.8, 4) is 0 Å². The summed E-state index contributed by atoms with van der Waals surface area (Å²) in [7, 11) is 0. The maximum absolute atomic E-state index is 13.6. The van der Waals surface area contributed by atoms with Crippen LogP contribution < -0.4 is 11.1 Å². The number of amides is 1. The number of nitrogens with two attached hydrogens (primary N) is 1. The van der Waals surface area contributed by atoms with E-state index in [4.69, 9.17) is 5.73 Å². The van der Waals surface area contributed by atoms with E-state index in [1.165, 1.54) is 11.8 Å². The van der Waals surface area contributed by atoms with Crippen molar-refractivity contribution in [3.05, 3.63) is 53.6 Å². The fraction of sp³-hybridized carbons (Fsp3) is 0.0714. The maximum Gasteiger partial charge on any atom is 0.258 e. The van der Waals surface area contributed by atoms with Crippen molar-refractivity contribution in [2.45, 2.75) is 4.90 Å². The Kier molecular flexibility index (Phi) is 4.24. The number of nitrogen functional groups attached to an aromatic ring is 1. The van der Waals surface area contributed by atoms with Gasteiger partial charge in [-0.25, -0.2) is 8.78 Å². The molecule has 0 radical (unpaired) electrons. The molecule has 0 atom stereocenters. The van der Waals surface area contributed by atoms with E-state index in [-0.39, 0.29) is 11.3 Å². The molecule has 0 aliphatic carbocycles. The summed E-state index contributed by atoms with van der Waals surface area (Å²) in [5, 5.41) is 2.55. The van der Waals surface area contributed by atoms with Gasteiger partial charge in [-0.3, -0.25) is 4.79 Å². The summed E-state index contributed by atoms with van der Waals surface area (Å²) < 4.78 is 26.6. The number of carbonyl (C=O) groups is 1. The van der Waals surface area contributed by atoms with Crippen LogP contribution in [0.4, 0.5) is 20.2 Å². The molecule has 0 saturated heterocycles. The Balaban J connectivity index is 2.26. The first kappa shape index (κ1) is 14.3. The molecule has 6 heteroatoms. The number of rotatable bonds is 3. The zero-order valence-electron chi connectivity index (χ0n) is 10.6. The van der Waals surface area contributed by atoms with E-state index < -0.39 is 17.5 Å². The lowest BCUT2D eigenvalue weighted by Crippen LogP contribution is -2.14. The number of nitrogens with one attached hydrogen (secondary N) is 1. The third-order valence-electron chi connectivity index (χ3n) is 2.66. The van der Waals surface area contributed by atoms with Crippen LogP contribution in [0.3, 0.4) is 0 Å². The second-order valence-electron chi connectivity index (χ2n) is 4.04. The fourth-order valence-corrected chi connectivity index (χ4v) is 2.10. The minimum absolute atomic E-state index is 0.269. The molecule has 0 aromatic heterocycles. The van der Waals surface area contributed by atoms with Gasteiger partial charge in [0.05, 0.1) is 11.3 Å². The van der Waals surface area contributed by atoms with Crippen LogP contribution >= 0.6 is 11.8 Å². The van der Waals surface area contributed by atoms with Crippen molar-refractivity contribution < 1.29 is 13.6 Å². The summed E-state index contributed by atoms with van der Waals surface area (Å²) in [4.78, 5) is 12.9. The second kappa shape index (κ2) is 5.92. The topological polar surface area (TPSA) is 55.1 Å². The largest absolute Gasteiger partial charge is 0.396 e. The van der Waals surface area contributed by atoms with Gasteiger partial charge in [0.1, 0.15) is 11.6 Å². The number of halogens is 2. The predicted molar refractivity (Wildman–Crippen MR) is 76.9 cm³/mol. The summed E-state index contributed by atoms with van der Waals surface area (Å²) in [6, 6.07) is 8.68. The van der Waals surface area contributed by atoms with Gasteiger partial charge in [0.2, 0.25) is 0 Å². The van der Waals surface area contributed by atoms with Crippen LogP contribution in [0.5, 0.6) is 0 Å². The normalized spacial score (nSPS) is 10.3. The lowest BCUT2D eigenvalue weighted by atomic mass is 10.1. The quantitative estimate of drug-likeness (QED) is 0.672. The van der Waals surface area contributed by atoms with Gasteiger partial charge in [-0.2, -0.15) is 0 Å². The first-order valence-corrected chi connectivity index (χ1v) is 6.93. The van der Waals surface area contributed by atoms with Crippen molar-refractivity contribution in [2.24, 2.45) is 0 Å². The Morgan fingerprint density at radius 3 is 2.65 bits per heavy atom. The van der Waals surface area contributed by atoms with Crippen LogP contribution in [-0.4, -0.2) is 12.2 Å². The Morgan fingerprint density at radius 1 is 1.20 bits per heavy atom. The average molecular weight is 294 g/mol. The molecule has 0 spiro atoms. The van der Waals surface area contributed by atoms with Crippen LogP contribution in [0.25, 0.3) is 0 Å². The molecule has 0 aliphatic heterocycles. The third kappa shape index (κ3) is 3.08. The number of hydrogen-bond acceptors (Lipinski definition) is 3. The zero-order valence-corrected chi connectivity index (χ0v) is 11.4. The number of thioether (sulfide) groups is 1. The molecule has 2 rings (SSSR count). The van der Waals surface area contributed by atoms with Crippen LogP contribution in [0.2, 0.25) is 0 Å². The zero-order chi connectivity index (χ0) is 14.7. The van der Waals surface area contributed by atoms with Gasteiger partial charge < -0.3 is 11.1 Å². The number of anilines is 2. The van der Waals surface area contributed by atoms with Crippen LogP contribution in [0.15, 0.2) is 41.3 Å². The molecule has 2 aromatic rings. The molecular weight excluding hydrogens is 282 g/mol. The minimum atomic E-state index is -0.949. The Morgan fingerprint density at radius 2 is 1.95 bits per heavy atom. The average Bonchev–Trinajstić information content (AvgIpc) is 2.43. The number of carbonyl (C=O) groups excluding carboxylic acids is 1. The smallest absolute Gasteiger partial charge is 0.258 e. The van der Waals surface area contributed by atoms with E-state index in [0.29, 0.717) is 11.8 Å². The van der Waals surface area contributed by atoms with Gasteiger partial charge in [0, 0.05) is 16.6 Å². The summed E-state index contributed by atoms with van der Waals surface area (Å²) in [5.74, 6) is -2.51. The molecule has 104 valence electrons. The highest BCUT2D eigenvalue weighted by Crippen LogP contribution is 2.21. The summed E-state index contributed by atoms with van der Waals surface area (Å²) >= 11 is 1.52. The summed E-state index contributed by atoms with van der Waals surface area (Å²) in [6.45, 7) is 0. The summed E-state index contributed by atoms with van der Waals surface area (Å²) in [5.41, 5.74) is 5.31. The highest BCUT2D eigenvalue weighted by Gasteiger charge is 2.15. The summed E-state index contributed by atoms with van der Waals surface area (Å²) in [6.07, 6.45) is 1.90. The number of benzene rings is 2. The van der Waals surface area contributed by atoms with Crippen molar-refractivity contribution in [1.82, 2.24) is 0 Å². The second-order valence-corrected chi connectivity index (χ2v) is 4.92. The van der Waals surface area contributed by atoms with Gasteiger partial charge in [0.15, 0.2) is 0 Å². The molecule has 0 unspecified atom stereocenters. The van der Waals surface area contributed by atoms with Crippen LogP contribution in [0.1, 0.15) is 10.4 Å². The Labute approximate surface area is 119 Å². The first-order valence-electron chi connectivity index (χ1n) is 5.71. The highest BCUT2D eigenvalue weighted by atomic mass is 32.2. The first-order chi connectivity index (χ1) is 9.51. The number of hydrogen-bond donors (Lipinski definition) is 2. The van der Waals surface area contributed by atoms with E-state index in [1.807, 2.05) is 12.3 Å². The molecule has 0 fully saturated rings. The van der Waals surface area contributed by atoms with E-state index in [9.17, 15) is 13.6 Å². The van der Waals surface area contributed by atoms with Crippen molar-refractivity contribution >= 4 is 29.0 Å². The Hall–Kier alpha value is -2.08. The van der Waals surface area contributed by atoms with E-state index >= 15 is 0 Å². The molecule has 0 aliphatic rings. The molecule has 3 N–H and O–H groups in total. The van der Waals surface area contributed by atoms with Crippen molar-refractivity contribution in [3.63, 3.8) is 0 Å². The molecular formula is C14H12F2N2OS. The molecule has 0 saturated carbocycles. The minimum Gasteiger partial charge on any atom is -0.396 e. The van der Waals surface area contributed by atoms with E-state index in [1.54, 1.807) is 18.2 Å². The molecule has 2 aromatic carbocycles. The third-order valence-corrected chi connectivity index (χ3v) is 3.38. The van der Waals surface area contributed by atoms with Crippen molar-refractivity contribution in [1.29, 1.82) is 0 Å². The fourth-order valence-electron chi connectivity index (χ4n) is 1.64. The molecule has 3 nitrogen and oxygen atoms in total. The standard InChI is InChI=1S/C14H12F2N2OS/c1-20-9-4-2-3-8(5-9)18-14(19)10-6-13(17)12(16)7-11(10)15/h2-7H,17H2,1H3,(H,18,19). The maximum atomic E-state index is 13.6. The molecule has 0 heterocycles. The van der Waals surface area contributed by atoms with Crippen LogP contribution in [-0.2, 0) is 0 Å². The lowest BCUT2D eigenvalue weighted by Gasteiger charge is -2.08. The monoisotopic (exact) mass is 294 g/mol. The van der Waals surface area contributed by atoms with E-state index in [0.717, 1.165) is 11.0 Å². The highest BCUT2D eigenvalue weighted by molar-refractivity contribution is 7.98. The van der Waals surface area contributed by atoms with Gasteiger partial charge in [-0.15, -0.1) is 11.8 Å². The van der Waals surface area contributed by atoms with Crippen molar-refractivity contribution in [2.75, 3.05) is 17.3 Å².